The molecule has 1 N–H and O–H groups in total. The average Bonchev–Trinajstić information content (AvgIpc) is 3.13. The van der Waals surface area contributed by atoms with Gasteiger partial charge in [0, 0.05) is 18.2 Å². The van der Waals surface area contributed by atoms with Gasteiger partial charge in [-0.3, -0.25) is 9.69 Å². The van der Waals surface area contributed by atoms with Crippen LogP contribution in [0, 0.1) is 0 Å². The summed E-state index contributed by atoms with van der Waals surface area (Å²) in [6.45, 7) is 1.85. The maximum Gasteiger partial charge on any atom is 0.231 e. The Bertz CT molecular complexity index is 517. The van der Waals surface area contributed by atoms with Gasteiger partial charge in [0.2, 0.25) is 6.79 Å². The van der Waals surface area contributed by atoms with Crippen molar-refractivity contribution in [2.24, 2.45) is 0 Å². The number of aliphatic hydroxyl groups is 1. The van der Waals surface area contributed by atoms with Crippen molar-refractivity contribution in [3.8, 4) is 11.5 Å². The van der Waals surface area contributed by atoms with Crippen molar-refractivity contribution in [1.82, 2.24) is 4.90 Å². The van der Waals surface area contributed by atoms with E-state index in [1.54, 1.807) is 18.2 Å². The molecule has 5 nitrogen and oxygen atoms in total. The van der Waals surface area contributed by atoms with Gasteiger partial charge in [0.1, 0.15) is 0 Å². The number of benzene rings is 1. The molecule has 1 saturated heterocycles. The van der Waals surface area contributed by atoms with E-state index in [0.717, 1.165) is 32.2 Å². The number of hydrogen-bond acceptors (Lipinski definition) is 5. The molecular formula is C16H21NO4. The molecule has 5 heteroatoms. The highest BCUT2D eigenvalue weighted by atomic mass is 16.7. The molecule has 1 atom stereocenters. The molecule has 2 aliphatic heterocycles. The first kappa shape index (κ1) is 14.4. The predicted molar refractivity (Wildman–Crippen MR) is 77.8 cm³/mol. The molecule has 1 fully saturated rings. The van der Waals surface area contributed by atoms with Crippen LogP contribution >= 0.6 is 0 Å². The Balaban J connectivity index is 1.63. The Morgan fingerprint density at radius 1 is 1.33 bits per heavy atom. The quantitative estimate of drug-likeness (QED) is 0.810. The van der Waals surface area contributed by atoms with Gasteiger partial charge in [0.15, 0.2) is 17.3 Å². The summed E-state index contributed by atoms with van der Waals surface area (Å²) in [6.07, 6.45) is 4.02. The van der Waals surface area contributed by atoms with Crippen LogP contribution in [0.15, 0.2) is 18.2 Å². The molecule has 3 rings (SSSR count). The molecule has 2 heterocycles. The summed E-state index contributed by atoms with van der Waals surface area (Å²) in [4.78, 5) is 14.7. The van der Waals surface area contributed by atoms with Gasteiger partial charge >= 0.3 is 0 Å². The van der Waals surface area contributed by atoms with E-state index in [4.69, 9.17) is 14.6 Å². The Morgan fingerprint density at radius 2 is 2.19 bits per heavy atom. The molecule has 1 unspecified atom stereocenters. The Labute approximate surface area is 124 Å². The van der Waals surface area contributed by atoms with E-state index >= 15 is 0 Å². The van der Waals surface area contributed by atoms with Gasteiger partial charge < -0.3 is 14.6 Å². The number of likely N-dealkylation sites (tertiary alicyclic amines) is 1. The number of nitrogens with zero attached hydrogens (tertiary/aromatic N) is 1. The van der Waals surface area contributed by atoms with Crippen LogP contribution in [0.1, 0.15) is 36.0 Å². The van der Waals surface area contributed by atoms with Gasteiger partial charge in [-0.25, -0.2) is 0 Å². The first-order valence-electron chi connectivity index (χ1n) is 7.55. The molecule has 0 radical (unpaired) electrons. The number of ether oxygens (including phenoxy) is 2. The van der Waals surface area contributed by atoms with Gasteiger partial charge in [-0.1, -0.05) is 0 Å². The fraction of sp³-hybridized carbons (Fsp3) is 0.562. The van der Waals surface area contributed by atoms with Crippen molar-refractivity contribution < 1.29 is 19.4 Å². The highest BCUT2D eigenvalue weighted by molar-refractivity contribution is 5.98. The zero-order valence-corrected chi connectivity index (χ0v) is 12.1. The van der Waals surface area contributed by atoms with Crippen LogP contribution in [0.2, 0.25) is 0 Å². The summed E-state index contributed by atoms with van der Waals surface area (Å²) < 4.78 is 10.6. The minimum absolute atomic E-state index is 0.115. The van der Waals surface area contributed by atoms with Crippen molar-refractivity contribution >= 4 is 5.78 Å². The van der Waals surface area contributed by atoms with Crippen LogP contribution in [-0.4, -0.2) is 48.3 Å². The number of aliphatic hydroxyl groups excluding tert-OH is 1. The van der Waals surface area contributed by atoms with Crippen molar-refractivity contribution in [2.45, 2.75) is 31.7 Å². The maximum absolute atomic E-state index is 12.4. The van der Waals surface area contributed by atoms with E-state index in [0.29, 0.717) is 29.6 Å². The molecule has 0 spiro atoms. The predicted octanol–water partition coefficient (Wildman–Crippen LogP) is 1.83. The van der Waals surface area contributed by atoms with Crippen LogP contribution in [0.3, 0.4) is 0 Å². The second kappa shape index (κ2) is 6.45. The maximum atomic E-state index is 12.4. The van der Waals surface area contributed by atoms with E-state index in [1.165, 1.54) is 0 Å². The second-order valence-corrected chi connectivity index (χ2v) is 5.62. The minimum atomic E-state index is 0.115. The monoisotopic (exact) mass is 291 g/mol. The van der Waals surface area contributed by atoms with Gasteiger partial charge in [-0.15, -0.1) is 0 Å². The van der Waals surface area contributed by atoms with Gasteiger partial charge in [0.25, 0.3) is 0 Å². The molecule has 1 aromatic rings. The van der Waals surface area contributed by atoms with Gasteiger partial charge in [-0.2, -0.15) is 0 Å². The first-order valence-corrected chi connectivity index (χ1v) is 7.55. The molecule has 0 aromatic heterocycles. The smallest absolute Gasteiger partial charge is 0.231 e. The van der Waals surface area contributed by atoms with Crippen LogP contribution in [0.25, 0.3) is 0 Å². The molecule has 114 valence electrons. The number of carbonyl (C=O) groups is 1. The lowest BCUT2D eigenvalue weighted by molar-refractivity contribution is 0.0915. The molecular weight excluding hydrogens is 270 g/mol. The molecule has 0 aliphatic carbocycles. The number of ketones is 1. The fourth-order valence-corrected chi connectivity index (χ4v) is 3.10. The summed E-state index contributed by atoms with van der Waals surface area (Å²) in [7, 11) is 0. The van der Waals surface area contributed by atoms with Crippen LogP contribution in [0.4, 0.5) is 0 Å². The highest BCUT2D eigenvalue weighted by Crippen LogP contribution is 2.32. The van der Waals surface area contributed by atoms with Crippen LogP contribution < -0.4 is 9.47 Å². The summed E-state index contributed by atoms with van der Waals surface area (Å²) in [5, 5.41) is 8.95. The average molecular weight is 291 g/mol. The van der Waals surface area contributed by atoms with Crippen molar-refractivity contribution in [3.63, 3.8) is 0 Å². The third-order valence-electron chi connectivity index (χ3n) is 4.24. The number of hydrogen-bond donors (Lipinski definition) is 1. The van der Waals surface area contributed by atoms with Gasteiger partial charge in [0.05, 0.1) is 6.54 Å². The van der Waals surface area contributed by atoms with Gasteiger partial charge in [-0.05, 0) is 50.4 Å². The zero-order valence-electron chi connectivity index (χ0n) is 12.1. The number of rotatable bonds is 6. The molecule has 0 bridgehead atoms. The summed E-state index contributed by atoms with van der Waals surface area (Å²) in [6, 6.07) is 5.79. The zero-order chi connectivity index (χ0) is 14.7. The topological polar surface area (TPSA) is 59.0 Å². The van der Waals surface area contributed by atoms with E-state index < -0.39 is 0 Å². The lowest BCUT2D eigenvalue weighted by atomic mass is 10.1. The fourth-order valence-electron chi connectivity index (χ4n) is 3.10. The first-order chi connectivity index (χ1) is 10.3. The normalized spacial score (nSPS) is 20.9. The lowest BCUT2D eigenvalue weighted by Gasteiger charge is -2.23. The van der Waals surface area contributed by atoms with Crippen molar-refractivity contribution in [3.05, 3.63) is 23.8 Å². The number of carbonyl (C=O) groups excluding carboxylic acids is 1. The third kappa shape index (κ3) is 3.19. The Hall–Kier alpha value is -1.59. The number of Topliss-reactive ketones (excluding diaryl/α,β-unsaturated/α-hetero) is 1. The Kier molecular flexibility index (Phi) is 4.41. The second-order valence-electron chi connectivity index (χ2n) is 5.62. The summed E-state index contributed by atoms with van der Waals surface area (Å²) in [5.74, 6) is 1.47. The molecule has 0 amide bonds. The van der Waals surface area contributed by atoms with Crippen LogP contribution in [-0.2, 0) is 0 Å². The molecule has 1 aromatic carbocycles. The number of fused-ring (bicyclic) bond motifs is 1. The van der Waals surface area contributed by atoms with Crippen LogP contribution in [0.5, 0.6) is 11.5 Å². The molecule has 21 heavy (non-hydrogen) atoms. The largest absolute Gasteiger partial charge is 0.454 e. The minimum Gasteiger partial charge on any atom is -0.454 e. The summed E-state index contributed by atoms with van der Waals surface area (Å²) >= 11 is 0. The van der Waals surface area contributed by atoms with E-state index in [2.05, 4.69) is 4.90 Å². The third-order valence-corrected chi connectivity index (χ3v) is 4.24. The highest BCUT2D eigenvalue weighted by Gasteiger charge is 2.26. The lowest BCUT2D eigenvalue weighted by Crippen LogP contribution is -2.34. The Morgan fingerprint density at radius 3 is 3.05 bits per heavy atom. The van der Waals surface area contributed by atoms with Crippen molar-refractivity contribution in [2.75, 3.05) is 26.5 Å². The van der Waals surface area contributed by atoms with Crippen molar-refractivity contribution in [1.29, 1.82) is 0 Å². The standard InChI is InChI=1S/C16H21NO4/c18-8-2-4-13-3-1-7-17(13)10-14(19)12-5-6-15-16(9-12)21-11-20-15/h5-6,9,13,18H,1-4,7-8,10-11H2. The molecule has 0 saturated carbocycles. The SMILES string of the molecule is O=C(CN1CCCC1CCCO)c1ccc2c(c1)OCO2. The van der Waals surface area contributed by atoms with E-state index in [-0.39, 0.29) is 19.2 Å². The van der Waals surface area contributed by atoms with E-state index in [1.807, 2.05) is 0 Å². The van der Waals surface area contributed by atoms with E-state index in [9.17, 15) is 4.79 Å². The molecule has 2 aliphatic rings. The summed E-state index contributed by atoms with van der Waals surface area (Å²) in [5.41, 5.74) is 0.673.